The number of morpholine rings is 1. The molecule has 1 amide bonds. The minimum atomic E-state index is -0.214. The lowest BCUT2D eigenvalue weighted by Crippen LogP contribution is -2.42. The third-order valence-corrected chi connectivity index (χ3v) is 5.04. The quantitative estimate of drug-likeness (QED) is 0.771. The largest absolute Gasteiger partial charge is 0.368 e. The molecule has 26 heavy (non-hydrogen) atoms. The fourth-order valence-corrected chi connectivity index (χ4v) is 3.44. The maximum Gasteiger partial charge on any atom is 0.254 e. The summed E-state index contributed by atoms with van der Waals surface area (Å²) >= 11 is 0. The van der Waals surface area contributed by atoms with E-state index in [1.807, 2.05) is 43.0 Å². The Morgan fingerprint density at radius 2 is 2.12 bits per heavy atom. The summed E-state index contributed by atoms with van der Waals surface area (Å²) in [5.41, 5.74) is 4.91. The summed E-state index contributed by atoms with van der Waals surface area (Å²) in [5, 5.41) is 1.10. The fourth-order valence-electron chi connectivity index (χ4n) is 3.44. The van der Waals surface area contributed by atoms with E-state index in [0.29, 0.717) is 31.1 Å². The van der Waals surface area contributed by atoms with Crippen LogP contribution < -0.4 is 0 Å². The third kappa shape index (κ3) is 2.97. The van der Waals surface area contributed by atoms with E-state index in [0.717, 1.165) is 22.3 Å². The molecule has 1 N–H and O–H groups in total. The molecule has 0 bridgehead atoms. The number of carbonyl (C=O) groups is 1. The van der Waals surface area contributed by atoms with Crippen LogP contribution in [0.5, 0.6) is 0 Å². The fraction of sp³-hybridized carbons (Fsp3) is 0.350. The highest BCUT2D eigenvalue weighted by atomic mass is 16.5. The van der Waals surface area contributed by atoms with Crippen molar-refractivity contribution in [1.29, 1.82) is 0 Å². The molecule has 1 saturated heterocycles. The van der Waals surface area contributed by atoms with Crippen molar-refractivity contribution in [3.63, 3.8) is 0 Å². The smallest absolute Gasteiger partial charge is 0.254 e. The summed E-state index contributed by atoms with van der Waals surface area (Å²) < 4.78 is 5.84. The van der Waals surface area contributed by atoms with Crippen molar-refractivity contribution in [2.24, 2.45) is 0 Å². The van der Waals surface area contributed by atoms with E-state index in [2.05, 4.69) is 21.9 Å². The summed E-state index contributed by atoms with van der Waals surface area (Å²) in [6.07, 6.45) is 1.52. The topological polar surface area (TPSA) is 71.1 Å². The number of aromatic amines is 1. The minimum absolute atomic E-state index is 0.0317. The van der Waals surface area contributed by atoms with Gasteiger partial charge in [-0.1, -0.05) is 0 Å². The van der Waals surface area contributed by atoms with Crippen LogP contribution in [0.25, 0.3) is 10.9 Å². The van der Waals surface area contributed by atoms with E-state index >= 15 is 0 Å². The van der Waals surface area contributed by atoms with Crippen LogP contribution in [0.15, 0.2) is 30.5 Å². The number of H-pyrrole nitrogens is 1. The first-order valence-electron chi connectivity index (χ1n) is 8.82. The first-order chi connectivity index (χ1) is 12.5. The van der Waals surface area contributed by atoms with Crippen molar-refractivity contribution >= 4 is 16.8 Å². The molecule has 0 saturated carbocycles. The van der Waals surface area contributed by atoms with Crippen LogP contribution in [0, 0.1) is 20.8 Å². The number of hydrogen-bond acceptors (Lipinski definition) is 4. The number of rotatable bonds is 2. The van der Waals surface area contributed by atoms with Gasteiger partial charge >= 0.3 is 0 Å². The van der Waals surface area contributed by atoms with Gasteiger partial charge in [-0.2, -0.15) is 0 Å². The number of carbonyl (C=O) groups excluding carboxylic acids is 1. The molecule has 6 heteroatoms. The molecule has 0 radical (unpaired) electrons. The number of hydrogen-bond donors (Lipinski definition) is 1. The lowest BCUT2D eigenvalue weighted by Gasteiger charge is -2.32. The Balaban J connectivity index is 1.58. The van der Waals surface area contributed by atoms with Crippen LogP contribution in [0.2, 0.25) is 0 Å². The second kappa shape index (κ2) is 6.53. The first kappa shape index (κ1) is 16.7. The molecule has 4 rings (SSSR count). The van der Waals surface area contributed by atoms with E-state index in [1.165, 1.54) is 5.56 Å². The zero-order chi connectivity index (χ0) is 18.3. The van der Waals surface area contributed by atoms with Crippen molar-refractivity contribution in [2.75, 3.05) is 19.7 Å². The van der Waals surface area contributed by atoms with Crippen LogP contribution in [0.3, 0.4) is 0 Å². The molecule has 1 aliphatic heterocycles. The Labute approximate surface area is 152 Å². The van der Waals surface area contributed by atoms with Crippen LogP contribution in [-0.4, -0.2) is 45.5 Å². The van der Waals surface area contributed by atoms with Gasteiger partial charge < -0.3 is 14.6 Å². The number of fused-ring (bicyclic) bond motifs is 1. The molecule has 1 fully saturated rings. The van der Waals surface area contributed by atoms with Gasteiger partial charge in [0, 0.05) is 34.9 Å². The van der Waals surface area contributed by atoms with Crippen molar-refractivity contribution in [3.8, 4) is 0 Å². The minimum Gasteiger partial charge on any atom is -0.368 e. The average Bonchev–Trinajstić information content (AvgIpc) is 2.95. The normalized spacial score (nSPS) is 17.7. The third-order valence-electron chi connectivity index (χ3n) is 5.04. The predicted molar refractivity (Wildman–Crippen MR) is 99.1 cm³/mol. The summed E-state index contributed by atoms with van der Waals surface area (Å²) in [4.78, 5) is 26.8. The number of benzene rings is 1. The Morgan fingerprint density at radius 3 is 2.92 bits per heavy atom. The molecule has 2 aromatic heterocycles. The Kier molecular flexibility index (Phi) is 4.20. The molecule has 0 unspecified atom stereocenters. The van der Waals surface area contributed by atoms with Crippen molar-refractivity contribution < 1.29 is 9.53 Å². The molecular weight excluding hydrogens is 328 g/mol. The van der Waals surface area contributed by atoms with Crippen molar-refractivity contribution in [3.05, 3.63) is 58.8 Å². The number of ether oxygens (including phenoxy) is 1. The highest BCUT2D eigenvalue weighted by Crippen LogP contribution is 2.25. The zero-order valence-corrected chi connectivity index (χ0v) is 15.2. The summed E-state index contributed by atoms with van der Waals surface area (Å²) in [7, 11) is 0. The van der Waals surface area contributed by atoms with Crippen molar-refractivity contribution in [1.82, 2.24) is 19.9 Å². The van der Waals surface area contributed by atoms with Crippen LogP contribution in [0.1, 0.15) is 39.2 Å². The number of aryl methyl sites for hydroxylation is 3. The van der Waals surface area contributed by atoms with E-state index < -0.39 is 0 Å². The summed E-state index contributed by atoms with van der Waals surface area (Å²) in [5.74, 6) is 0.738. The monoisotopic (exact) mass is 350 g/mol. The molecular formula is C20H22N4O2. The van der Waals surface area contributed by atoms with Gasteiger partial charge in [0.2, 0.25) is 0 Å². The van der Waals surface area contributed by atoms with Crippen LogP contribution >= 0.6 is 0 Å². The second-order valence-electron chi connectivity index (χ2n) is 6.77. The molecule has 1 aromatic carbocycles. The Bertz CT molecular complexity index is 979. The summed E-state index contributed by atoms with van der Waals surface area (Å²) in [6, 6.07) is 7.70. The van der Waals surface area contributed by atoms with Gasteiger partial charge in [-0.15, -0.1) is 0 Å². The van der Waals surface area contributed by atoms with Gasteiger partial charge in [0.15, 0.2) is 0 Å². The molecule has 3 aromatic rings. The highest BCUT2D eigenvalue weighted by molar-refractivity contribution is 5.99. The van der Waals surface area contributed by atoms with Gasteiger partial charge in [-0.3, -0.25) is 4.79 Å². The summed E-state index contributed by atoms with van der Waals surface area (Å²) in [6.45, 7) is 7.56. The molecule has 134 valence electrons. The van der Waals surface area contributed by atoms with Crippen LogP contribution in [-0.2, 0) is 4.74 Å². The molecule has 1 aliphatic rings. The lowest BCUT2D eigenvalue weighted by atomic mass is 10.1. The standard InChI is InChI=1S/C20H22N4O2/c1-12-13(2)22-17-5-4-15(10-16(12)17)20(25)24-8-9-26-19(11-24)18-6-7-21-14(3)23-18/h4-7,10,19,22H,8-9,11H2,1-3H3/t19-/m1/s1. The number of aromatic nitrogens is 3. The van der Waals surface area contributed by atoms with Gasteiger partial charge in [-0.05, 0) is 50.6 Å². The molecule has 6 nitrogen and oxygen atoms in total. The van der Waals surface area contributed by atoms with E-state index in [-0.39, 0.29) is 12.0 Å². The van der Waals surface area contributed by atoms with Crippen molar-refractivity contribution in [2.45, 2.75) is 26.9 Å². The maximum atomic E-state index is 13.0. The van der Waals surface area contributed by atoms with Gasteiger partial charge in [0.1, 0.15) is 11.9 Å². The maximum absolute atomic E-state index is 13.0. The van der Waals surface area contributed by atoms with Crippen LogP contribution in [0.4, 0.5) is 0 Å². The zero-order valence-electron chi connectivity index (χ0n) is 15.2. The SMILES string of the molecule is Cc1nccc([C@H]2CN(C(=O)c3ccc4[nH]c(C)c(C)c4c3)CCO2)n1. The first-order valence-corrected chi connectivity index (χ1v) is 8.82. The molecule has 1 atom stereocenters. The van der Waals surface area contributed by atoms with Gasteiger partial charge in [0.25, 0.3) is 5.91 Å². The average molecular weight is 350 g/mol. The number of nitrogens with zero attached hydrogens (tertiary/aromatic N) is 3. The molecule has 0 aliphatic carbocycles. The number of amides is 1. The van der Waals surface area contributed by atoms with E-state index in [4.69, 9.17) is 4.74 Å². The Hall–Kier alpha value is -2.73. The number of nitrogens with one attached hydrogen (secondary N) is 1. The van der Waals surface area contributed by atoms with Gasteiger partial charge in [-0.25, -0.2) is 9.97 Å². The van der Waals surface area contributed by atoms with E-state index in [1.54, 1.807) is 6.20 Å². The predicted octanol–water partition coefficient (Wildman–Crippen LogP) is 3.10. The Morgan fingerprint density at radius 1 is 1.27 bits per heavy atom. The highest BCUT2D eigenvalue weighted by Gasteiger charge is 2.27. The molecule has 0 spiro atoms. The molecule has 3 heterocycles. The lowest BCUT2D eigenvalue weighted by molar-refractivity contribution is -0.0248. The van der Waals surface area contributed by atoms with E-state index in [9.17, 15) is 4.79 Å². The second-order valence-corrected chi connectivity index (χ2v) is 6.77. The van der Waals surface area contributed by atoms with Gasteiger partial charge in [0.05, 0.1) is 18.8 Å².